The van der Waals surface area contributed by atoms with Gasteiger partial charge < -0.3 is 4.90 Å². The van der Waals surface area contributed by atoms with Gasteiger partial charge in [0.2, 0.25) is 0 Å². The minimum atomic E-state index is 0.00477. The van der Waals surface area contributed by atoms with E-state index in [1.54, 1.807) is 12.3 Å². The van der Waals surface area contributed by atoms with Gasteiger partial charge in [-0.2, -0.15) is 22.0 Å². The lowest BCUT2D eigenvalue weighted by Gasteiger charge is -2.35. The first kappa shape index (κ1) is 14.4. The van der Waals surface area contributed by atoms with E-state index < -0.39 is 0 Å². The molecule has 2 aromatic rings. The number of rotatable bonds is 2. The second kappa shape index (κ2) is 6.45. The second-order valence-electron chi connectivity index (χ2n) is 4.77. The molecule has 1 fully saturated rings. The van der Waals surface area contributed by atoms with Gasteiger partial charge in [-0.25, -0.2) is 0 Å². The van der Waals surface area contributed by atoms with Gasteiger partial charge in [0.1, 0.15) is 0 Å². The number of carbonyl (C=O) groups is 1. The third-order valence-corrected chi connectivity index (χ3v) is 4.75. The minimum absolute atomic E-state index is 0.00477. The number of thioether (sulfide) groups is 1. The summed E-state index contributed by atoms with van der Waals surface area (Å²) in [7, 11) is 0. The molecule has 1 aliphatic heterocycles. The highest BCUT2D eigenvalue weighted by molar-refractivity contribution is 7.99. The molecule has 0 N–H and O–H groups in total. The van der Waals surface area contributed by atoms with Gasteiger partial charge >= 0.3 is 0 Å². The van der Waals surface area contributed by atoms with Gasteiger partial charge in [-0.3, -0.25) is 4.79 Å². The molecule has 1 aromatic heterocycles. The number of aromatic nitrogens is 2. The third kappa shape index (κ3) is 3.19. The highest BCUT2D eigenvalue weighted by atomic mass is 35.5. The Kier molecular flexibility index (Phi) is 4.41. The van der Waals surface area contributed by atoms with Crippen LogP contribution in [0.25, 0.3) is 0 Å². The van der Waals surface area contributed by atoms with Gasteiger partial charge in [0, 0.05) is 23.1 Å². The molecular formula is C15H14ClN3OS. The van der Waals surface area contributed by atoms with Crippen LogP contribution in [0, 0.1) is 0 Å². The molecular weight excluding hydrogens is 306 g/mol. The topological polar surface area (TPSA) is 46.1 Å². The Balaban J connectivity index is 1.88. The standard InChI is InChI=1S/C15H14ClN3OS/c16-13-3-1-11(2-4-13)14-10-21-8-7-19(14)15(20)12-5-6-17-18-9-12/h1-6,9,14H,7-8,10H2. The van der Waals surface area contributed by atoms with E-state index in [1.165, 1.54) is 6.20 Å². The molecule has 0 spiro atoms. The predicted molar refractivity (Wildman–Crippen MR) is 84.6 cm³/mol. The van der Waals surface area contributed by atoms with Crippen LogP contribution in [-0.4, -0.2) is 39.1 Å². The number of amides is 1. The van der Waals surface area contributed by atoms with Gasteiger partial charge in [0.25, 0.3) is 5.91 Å². The molecule has 0 radical (unpaired) electrons. The maximum absolute atomic E-state index is 12.7. The zero-order valence-corrected chi connectivity index (χ0v) is 12.8. The van der Waals surface area contributed by atoms with Crippen molar-refractivity contribution in [3.63, 3.8) is 0 Å². The normalized spacial score (nSPS) is 18.5. The smallest absolute Gasteiger partial charge is 0.256 e. The van der Waals surface area contributed by atoms with Crippen LogP contribution in [0.3, 0.4) is 0 Å². The molecule has 0 bridgehead atoms. The molecule has 3 rings (SSSR count). The fraction of sp³-hybridized carbons (Fsp3) is 0.267. The van der Waals surface area contributed by atoms with E-state index in [9.17, 15) is 4.79 Å². The Morgan fingerprint density at radius 1 is 1.24 bits per heavy atom. The first-order chi connectivity index (χ1) is 10.3. The van der Waals surface area contributed by atoms with Crippen LogP contribution >= 0.6 is 23.4 Å². The van der Waals surface area contributed by atoms with Crippen LogP contribution in [0.2, 0.25) is 5.02 Å². The molecule has 108 valence electrons. The number of halogens is 1. The fourth-order valence-corrected chi connectivity index (χ4v) is 3.60. The Morgan fingerprint density at radius 2 is 2.05 bits per heavy atom. The van der Waals surface area contributed by atoms with Gasteiger partial charge in [-0.05, 0) is 23.8 Å². The van der Waals surface area contributed by atoms with E-state index in [0.29, 0.717) is 10.6 Å². The maximum atomic E-state index is 12.7. The van der Waals surface area contributed by atoms with E-state index in [-0.39, 0.29) is 11.9 Å². The highest BCUT2D eigenvalue weighted by Crippen LogP contribution is 2.31. The molecule has 1 aromatic carbocycles. The van der Waals surface area contributed by atoms with Crippen molar-refractivity contribution in [2.75, 3.05) is 18.1 Å². The average Bonchev–Trinajstić information content (AvgIpc) is 2.56. The number of hydrogen-bond donors (Lipinski definition) is 0. The summed E-state index contributed by atoms with van der Waals surface area (Å²) in [5, 5.41) is 8.22. The van der Waals surface area contributed by atoms with E-state index in [4.69, 9.17) is 11.6 Å². The summed E-state index contributed by atoms with van der Waals surface area (Å²) in [4.78, 5) is 14.6. The Hall–Kier alpha value is -1.59. The summed E-state index contributed by atoms with van der Waals surface area (Å²) >= 11 is 7.81. The molecule has 1 unspecified atom stereocenters. The zero-order chi connectivity index (χ0) is 14.7. The maximum Gasteiger partial charge on any atom is 0.256 e. The van der Waals surface area contributed by atoms with Crippen LogP contribution < -0.4 is 0 Å². The molecule has 2 heterocycles. The van der Waals surface area contributed by atoms with E-state index in [1.807, 2.05) is 40.9 Å². The van der Waals surface area contributed by atoms with Crippen LogP contribution in [-0.2, 0) is 0 Å². The van der Waals surface area contributed by atoms with Crippen molar-refractivity contribution >= 4 is 29.3 Å². The highest BCUT2D eigenvalue weighted by Gasteiger charge is 2.29. The lowest BCUT2D eigenvalue weighted by molar-refractivity contribution is 0.0700. The molecule has 1 amide bonds. The van der Waals surface area contributed by atoms with Crippen molar-refractivity contribution in [3.05, 3.63) is 58.9 Å². The summed E-state index contributed by atoms with van der Waals surface area (Å²) in [6.07, 6.45) is 3.06. The Labute approximate surface area is 132 Å². The monoisotopic (exact) mass is 319 g/mol. The van der Waals surface area contributed by atoms with E-state index >= 15 is 0 Å². The molecule has 0 saturated carbocycles. The van der Waals surface area contributed by atoms with Crippen molar-refractivity contribution in [2.45, 2.75) is 6.04 Å². The average molecular weight is 320 g/mol. The van der Waals surface area contributed by atoms with Crippen molar-refractivity contribution in [1.82, 2.24) is 15.1 Å². The van der Waals surface area contributed by atoms with Crippen LogP contribution in [0.15, 0.2) is 42.7 Å². The van der Waals surface area contributed by atoms with Gasteiger partial charge in [-0.1, -0.05) is 23.7 Å². The van der Waals surface area contributed by atoms with Crippen molar-refractivity contribution in [3.8, 4) is 0 Å². The summed E-state index contributed by atoms with van der Waals surface area (Å²) in [5.74, 6) is 1.85. The van der Waals surface area contributed by atoms with Crippen molar-refractivity contribution in [2.24, 2.45) is 0 Å². The lowest BCUT2D eigenvalue weighted by Crippen LogP contribution is -2.40. The van der Waals surface area contributed by atoms with Gasteiger partial charge in [-0.15, -0.1) is 0 Å². The van der Waals surface area contributed by atoms with Gasteiger partial charge in [0.05, 0.1) is 24.0 Å². The SMILES string of the molecule is O=C(c1ccnnc1)N1CCSCC1c1ccc(Cl)cc1. The Bertz CT molecular complexity index is 621. The third-order valence-electron chi connectivity index (χ3n) is 3.48. The minimum Gasteiger partial charge on any atom is -0.330 e. The molecule has 21 heavy (non-hydrogen) atoms. The quantitative estimate of drug-likeness (QED) is 0.853. The summed E-state index contributed by atoms with van der Waals surface area (Å²) < 4.78 is 0. The molecule has 6 heteroatoms. The fourth-order valence-electron chi connectivity index (χ4n) is 2.39. The van der Waals surface area contributed by atoms with E-state index in [0.717, 1.165) is 23.6 Å². The van der Waals surface area contributed by atoms with Crippen molar-refractivity contribution < 1.29 is 4.79 Å². The molecule has 1 saturated heterocycles. The summed E-state index contributed by atoms with van der Waals surface area (Å²) in [5.41, 5.74) is 1.69. The number of hydrogen-bond acceptors (Lipinski definition) is 4. The molecule has 0 aliphatic carbocycles. The number of nitrogens with zero attached hydrogens (tertiary/aromatic N) is 3. The Morgan fingerprint density at radius 3 is 2.76 bits per heavy atom. The van der Waals surface area contributed by atoms with Crippen LogP contribution in [0.5, 0.6) is 0 Å². The number of benzene rings is 1. The first-order valence-electron chi connectivity index (χ1n) is 6.66. The predicted octanol–water partition coefficient (Wildman–Crippen LogP) is 3.06. The largest absolute Gasteiger partial charge is 0.330 e. The van der Waals surface area contributed by atoms with Crippen molar-refractivity contribution in [1.29, 1.82) is 0 Å². The molecule has 1 aliphatic rings. The molecule has 4 nitrogen and oxygen atoms in total. The van der Waals surface area contributed by atoms with Gasteiger partial charge in [0.15, 0.2) is 0 Å². The van der Waals surface area contributed by atoms with Crippen LogP contribution in [0.1, 0.15) is 22.0 Å². The summed E-state index contributed by atoms with van der Waals surface area (Å²) in [6.45, 7) is 0.735. The molecule has 1 atom stereocenters. The van der Waals surface area contributed by atoms with E-state index in [2.05, 4.69) is 10.2 Å². The first-order valence-corrected chi connectivity index (χ1v) is 8.20. The number of carbonyl (C=O) groups excluding carboxylic acids is 1. The van der Waals surface area contributed by atoms with Crippen LogP contribution in [0.4, 0.5) is 0 Å². The second-order valence-corrected chi connectivity index (χ2v) is 6.36. The zero-order valence-electron chi connectivity index (χ0n) is 11.3. The summed E-state index contributed by atoms with van der Waals surface area (Å²) in [6, 6.07) is 9.49. The lowest BCUT2D eigenvalue weighted by atomic mass is 10.1.